The van der Waals surface area contributed by atoms with Crippen molar-refractivity contribution in [2.75, 3.05) is 7.11 Å². The van der Waals surface area contributed by atoms with Gasteiger partial charge in [0.1, 0.15) is 5.56 Å². The number of hydrogen-bond acceptors (Lipinski definition) is 5. The molecule has 1 aromatic heterocycles. The number of aromatic nitrogens is 1. The van der Waals surface area contributed by atoms with Crippen LogP contribution in [0.2, 0.25) is 0 Å². The van der Waals surface area contributed by atoms with Gasteiger partial charge in [0.15, 0.2) is 0 Å². The van der Waals surface area contributed by atoms with Crippen LogP contribution in [0.3, 0.4) is 0 Å². The molecule has 6 nitrogen and oxygen atoms in total. The Morgan fingerprint density at radius 1 is 1.42 bits per heavy atom. The molecule has 1 heterocycles. The number of methoxy groups -OCH3 is 1. The molecule has 0 bridgehead atoms. The first kappa shape index (κ1) is 14.9. The molecule has 0 spiro atoms. The third-order valence-electron chi connectivity index (χ3n) is 1.80. The van der Waals surface area contributed by atoms with E-state index in [1.165, 1.54) is 0 Å². The van der Waals surface area contributed by atoms with Crippen LogP contribution >= 0.6 is 0 Å². The lowest BCUT2D eigenvalue weighted by atomic mass is 10.2. The fourth-order valence-corrected chi connectivity index (χ4v) is 1.12. The van der Waals surface area contributed by atoms with Crippen LogP contribution in [0.1, 0.15) is 12.0 Å². The maximum Gasteiger partial charge on any atom is 0.575 e. The molecule has 1 rings (SSSR count). The van der Waals surface area contributed by atoms with Crippen molar-refractivity contribution >= 4 is 5.82 Å². The van der Waals surface area contributed by atoms with Crippen LogP contribution < -0.4 is 9.47 Å². The average Bonchev–Trinajstić information content (AvgIpc) is 2.25. The quantitative estimate of drug-likeness (QED) is 0.484. The predicted molar refractivity (Wildman–Crippen MR) is 49.1 cm³/mol. The van der Waals surface area contributed by atoms with E-state index >= 15 is 0 Å². The molecular weight excluding hydrogens is 283 g/mol. The largest absolute Gasteiger partial charge is 0.575 e. The Morgan fingerprint density at radius 2 is 2.00 bits per heavy atom. The minimum Gasteiger partial charge on any atom is -0.489 e. The van der Waals surface area contributed by atoms with Crippen LogP contribution in [0.25, 0.3) is 0 Å². The monoisotopic (exact) mass is 288 g/mol. The molecule has 106 valence electrons. The highest BCUT2D eigenvalue weighted by molar-refractivity contribution is 5.46. The van der Waals surface area contributed by atoms with Gasteiger partial charge in [-0.15, -0.1) is 13.2 Å². The van der Waals surface area contributed by atoms with Crippen molar-refractivity contribution in [3.63, 3.8) is 0 Å². The molecule has 0 aliphatic heterocycles. The maximum absolute atomic E-state index is 12.5. The summed E-state index contributed by atoms with van der Waals surface area (Å²) in [7, 11) is 0.876. The van der Waals surface area contributed by atoms with Gasteiger partial charge in [0.2, 0.25) is 5.75 Å². The lowest BCUT2D eigenvalue weighted by molar-refractivity contribution is -0.391. The molecule has 0 aromatic carbocycles. The minimum absolute atomic E-state index is 0.372. The Balaban J connectivity index is 3.40. The highest BCUT2D eigenvalue weighted by Crippen LogP contribution is 2.37. The number of nitro groups is 1. The summed E-state index contributed by atoms with van der Waals surface area (Å²) in [4.78, 5) is 11.9. The molecule has 0 amide bonds. The topological polar surface area (TPSA) is 74.5 Å². The van der Waals surface area contributed by atoms with Gasteiger partial charge in [-0.05, 0) is 4.92 Å². The number of halogens is 5. The van der Waals surface area contributed by atoms with Crippen LogP contribution in [0.15, 0.2) is 6.07 Å². The fraction of sp³-hybridized carbons (Fsp3) is 0.375. The van der Waals surface area contributed by atoms with Crippen LogP contribution in [0.4, 0.5) is 27.8 Å². The normalized spacial score (nSPS) is 11.5. The smallest absolute Gasteiger partial charge is 0.489 e. The molecule has 0 saturated heterocycles. The van der Waals surface area contributed by atoms with Crippen LogP contribution in [0.5, 0.6) is 11.6 Å². The molecule has 0 aliphatic carbocycles. The second-order valence-electron chi connectivity index (χ2n) is 3.01. The van der Waals surface area contributed by atoms with Crippen molar-refractivity contribution in [3.8, 4) is 11.6 Å². The van der Waals surface area contributed by atoms with Gasteiger partial charge in [-0.1, -0.05) is 0 Å². The highest BCUT2D eigenvalue weighted by Gasteiger charge is 2.38. The number of hydrogen-bond donors (Lipinski definition) is 0. The molecule has 0 radical (unpaired) electrons. The first-order valence-electron chi connectivity index (χ1n) is 4.43. The van der Waals surface area contributed by atoms with Gasteiger partial charge in [-0.2, -0.15) is 0 Å². The predicted octanol–water partition coefficient (Wildman–Crippen LogP) is 2.83. The van der Waals surface area contributed by atoms with Gasteiger partial charge < -0.3 is 19.6 Å². The molecule has 0 unspecified atom stereocenters. The van der Waals surface area contributed by atoms with Crippen molar-refractivity contribution in [2.24, 2.45) is 0 Å². The van der Waals surface area contributed by atoms with E-state index in [9.17, 15) is 32.1 Å². The summed E-state index contributed by atoms with van der Waals surface area (Å²) < 4.78 is 68.8. The molecule has 19 heavy (non-hydrogen) atoms. The zero-order valence-corrected chi connectivity index (χ0v) is 9.07. The zero-order chi connectivity index (χ0) is 14.8. The van der Waals surface area contributed by atoms with Crippen molar-refractivity contribution in [2.45, 2.75) is 12.8 Å². The van der Waals surface area contributed by atoms with Gasteiger partial charge in [-0.3, -0.25) is 0 Å². The van der Waals surface area contributed by atoms with Crippen molar-refractivity contribution in [3.05, 3.63) is 21.7 Å². The van der Waals surface area contributed by atoms with Crippen molar-refractivity contribution in [1.82, 2.24) is 4.98 Å². The van der Waals surface area contributed by atoms with Gasteiger partial charge in [-0.25, -0.2) is 8.78 Å². The summed E-state index contributed by atoms with van der Waals surface area (Å²) in [6.07, 6.45) is -8.50. The van der Waals surface area contributed by atoms with Crippen LogP contribution in [-0.2, 0) is 0 Å². The van der Waals surface area contributed by atoms with E-state index < -0.39 is 40.7 Å². The standard InChI is InChI=1S/C8H5F5N2O4/c1-18-4-2-3(5(9)10)6(15(16)17)14-7(4)19-8(11,12)13/h2,5H,1H3. The summed E-state index contributed by atoms with van der Waals surface area (Å²) in [6.45, 7) is 0. The van der Waals surface area contributed by atoms with Crippen LogP contribution in [0, 0.1) is 10.1 Å². The van der Waals surface area contributed by atoms with E-state index in [2.05, 4.69) is 14.5 Å². The Labute approximate surface area is 101 Å². The molecule has 0 atom stereocenters. The number of alkyl halides is 5. The van der Waals surface area contributed by atoms with Gasteiger partial charge in [0.25, 0.3) is 6.43 Å². The van der Waals surface area contributed by atoms with Crippen molar-refractivity contribution in [1.29, 1.82) is 0 Å². The Morgan fingerprint density at radius 3 is 2.37 bits per heavy atom. The Hall–Kier alpha value is -2.20. The molecule has 0 N–H and O–H groups in total. The number of nitrogens with zero attached hydrogens (tertiary/aromatic N) is 2. The summed E-state index contributed by atoms with van der Waals surface area (Å²) in [6, 6.07) is 0.372. The minimum atomic E-state index is -5.19. The van der Waals surface area contributed by atoms with Crippen molar-refractivity contribution < 1.29 is 36.3 Å². The second kappa shape index (κ2) is 5.20. The summed E-state index contributed by atoms with van der Waals surface area (Å²) >= 11 is 0. The third-order valence-corrected chi connectivity index (χ3v) is 1.80. The van der Waals surface area contributed by atoms with Crippen LogP contribution in [-0.4, -0.2) is 23.4 Å². The molecule has 0 saturated carbocycles. The highest BCUT2D eigenvalue weighted by atomic mass is 19.4. The summed E-state index contributed by atoms with van der Waals surface area (Å²) in [5, 5.41) is 10.5. The Kier molecular flexibility index (Phi) is 4.07. The number of rotatable bonds is 4. The molecule has 0 aliphatic rings. The lowest BCUT2D eigenvalue weighted by Gasteiger charge is -2.10. The molecular formula is C8H5F5N2O4. The van der Waals surface area contributed by atoms with E-state index in [0.29, 0.717) is 6.07 Å². The SMILES string of the molecule is COc1cc(C(F)F)c([N+](=O)[O-])nc1OC(F)(F)F. The van der Waals surface area contributed by atoms with E-state index in [-0.39, 0.29) is 0 Å². The molecule has 0 fully saturated rings. The zero-order valence-electron chi connectivity index (χ0n) is 9.07. The summed E-state index contributed by atoms with van der Waals surface area (Å²) in [5.74, 6) is -3.54. The van der Waals surface area contributed by atoms with E-state index in [4.69, 9.17) is 0 Å². The van der Waals surface area contributed by atoms with Gasteiger partial charge in [0, 0.05) is 11.1 Å². The number of ether oxygens (including phenoxy) is 2. The van der Waals surface area contributed by atoms with E-state index in [1.807, 2.05) is 0 Å². The molecule has 1 aromatic rings. The first-order chi connectivity index (χ1) is 8.65. The van der Waals surface area contributed by atoms with E-state index in [1.54, 1.807) is 0 Å². The average molecular weight is 288 g/mol. The Bertz CT molecular complexity index is 491. The fourth-order valence-electron chi connectivity index (χ4n) is 1.12. The first-order valence-corrected chi connectivity index (χ1v) is 4.43. The number of pyridine rings is 1. The maximum atomic E-state index is 12.5. The summed E-state index contributed by atoms with van der Waals surface area (Å²) in [5.41, 5.74) is -1.17. The lowest BCUT2D eigenvalue weighted by Crippen LogP contribution is -2.19. The molecule has 11 heteroatoms. The third kappa shape index (κ3) is 3.63. The van der Waals surface area contributed by atoms with E-state index in [0.717, 1.165) is 7.11 Å². The van der Waals surface area contributed by atoms with Gasteiger partial charge in [0.05, 0.1) is 7.11 Å². The second-order valence-corrected chi connectivity index (χ2v) is 3.01. The van der Waals surface area contributed by atoms with Gasteiger partial charge >= 0.3 is 18.1 Å².